The van der Waals surface area contributed by atoms with Crippen LogP contribution in [0.3, 0.4) is 0 Å². The number of allylic oxidation sites excluding steroid dienone is 7. The summed E-state index contributed by atoms with van der Waals surface area (Å²) in [4.78, 5) is 34.5. The lowest BCUT2D eigenvalue weighted by molar-refractivity contribution is -0.121. The van der Waals surface area contributed by atoms with Crippen LogP contribution in [-0.4, -0.2) is 64.3 Å². The fraction of sp³-hybridized carbons (Fsp3) is 0.538. The molecule has 0 saturated carbocycles. The molecule has 0 fully saturated rings. The van der Waals surface area contributed by atoms with Crippen molar-refractivity contribution < 1.29 is 9.59 Å². The molecule has 0 saturated heterocycles. The number of halogens is 1. The Kier molecular flexibility index (Phi) is 14.0. The zero-order valence-electron chi connectivity index (χ0n) is 31.3. The van der Waals surface area contributed by atoms with Crippen LogP contribution in [0.1, 0.15) is 102 Å². The number of benzene rings is 1. The van der Waals surface area contributed by atoms with Gasteiger partial charge in [0.2, 0.25) is 5.91 Å². The van der Waals surface area contributed by atoms with Crippen molar-refractivity contribution in [1.29, 1.82) is 5.41 Å². The summed E-state index contributed by atoms with van der Waals surface area (Å²) in [6.07, 6.45) is 10.2. The predicted octanol–water partition coefficient (Wildman–Crippen LogP) is 7.70. The standard InChI is InChI=1S/C39H55ClN8O2S2/c1-22-25(4)51-38-34(22)35(28-15-17-29(40)18-16-28)46-32(36(42)48(38)27(6)41)21-33(49)44-20-11-9-7-8-10-19-43-31-14-12-13-30(23(31)2)37(50)47-39-45-24(3)26(5)52-39/h12-15,17,22,25,32,36,39,41,43,45H,7-11,16,18-21,42H2,1-6H3,(H,44,49)(H,47,50)/t22?,25?,32-,36?,39?/m0/s1. The fourth-order valence-electron chi connectivity index (χ4n) is 6.92. The zero-order valence-corrected chi connectivity index (χ0v) is 33.7. The van der Waals surface area contributed by atoms with Gasteiger partial charge in [-0.15, -0.1) is 11.8 Å². The third-order valence-corrected chi connectivity index (χ3v) is 13.2. The summed E-state index contributed by atoms with van der Waals surface area (Å²) in [5.41, 5.74) is 13.6. The minimum atomic E-state index is -0.615. The Morgan fingerprint density at radius 2 is 1.79 bits per heavy atom. The number of carbonyl (C=O) groups is 2. The molecule has 0 bridgehead atoms. The second-order valence-corrected chi connectivity index (χ2v) is 17.3. The first-order valence-corrected chi connectivity index (χ1v) is 20.7. The molecule has 4 aliphatic rings. The first kappa shape index (κ1) is 40.0. The molecule has 5 atom stereocenters. The average molecular weight is 768 g/mol. The van der Waals surface area contributed by atoms with Crippen LogP contribution >= 0.6 is 35.1 Å². The predicted molar refractivity (Wildman–Crippen MR) is 220 cm³/mol. The molecule has 10 nitrogen and oxygen atoms in total. The van der Waals surface area contributed by atoms with Gasteiger partial charge in [0.1, 0.15) is 6.17 Å². The average Bonchev–Trinajstić information content (AvgIpc) is 3.53. The molecule has 1 aromatic rings. The topological polar surface area (TPSA) is 148 Å². The van der Waals surface area contributed by atoms with E-state index in [-0.39, 0.29) is 29.7 Å². The Balaban J connectivity index is 1.06. The molecule has 7 N–H and O–H groups in total. The van der Waals surface area contributed by atoms with Crippen LogP contribution in [0.2, 0.25) is 0 Å². The molecule has 1 aliphatic carbocycles. The SMILES string of the molecule is CC(=N)N1C2=C(C(C3=CC=C(Cl)CC3)=N[C@@H](CC(=O)NCCCCCCCNc3cccc(C(=O)NC4NC(C)=C(C)S4)c3C)C1N)C(C)C(C)S2. The molecule has 0 radical (unpaired) electrons. The van der Waals surface area contributed by atoms with Crippen LogP contribution < -0.4 is 27.0 Å². The van der Waals surface area contributed by atoms with Crippen LogP contribution in [0.5, 0.6) is 0 Å². The molecule has 52 heavy (non-hydrogen) atoms. The summed E-state index contributed by atoms with van der Waals surface area (Å²) in [7, 11) is 0. The molecule has 5 rings (SSSR count). The Morgan fingerprint density at radius 3 is 2.46 bits per heavy atom. The number of nitrogens with two attached hydrogens (primary N) is 1. The molecule has 2 amide bonds. The van der Waals surface area contributed by atoms with Gasteiger partial charge in [-0.05, 0) is 88.6 Å². The van der Waals surface area contributed by atoms with Crippen LogP contribution in [-0.2, 0) is 4.79 Å². The molecular formula is C39H55ClN8O2S2. The Labute approximate surface area is 322 Å². The molecule has 282 valence electrons. The van der Waals surface area contributed by atoms with Crippen LogP contribution in [0.15, 0.2) is 67.2 Å². The molecule has 0 spiro atoms. The van der Waals surface area contributed by atoms with E-state index >= 15 is 0 Å². The number of nitrogens with zero attached hydrogens (tertiary/aromatic N) is 2. The normalized spacial score (nSPS) is 24.4. The van der Waals surface area contributed by atoms with E-state index in [1.807, 2.05) is 43.0 Å². The van der Waals surface area contributed by atoms with E-state index in [2.05, 4.69) is 48.1 Å². The number of nitrogens with one attached hydrogen (secondary N) is 5. The Bertz CT molecular complexity index is 1690. The highest BCUT2D eigenvalue weighted by atomic mass is 35.5. The van der Waals surface area contributed by atoms with Gasteiger partial charge in [-0.1, -0.05) is 68.6 Å². The second kappa shape index (κ2) is 18.2. The maximum absolute atomic E-state index is 13.2. The van der Waals surface area contributed by atoms with Crippen LogP contribution in [0.25, 0.3) is 0 Å². The summed E-state index contributed by atoms with van der Waals surface area (Å²) in [6.45, 7) is 13.7. The molecule has 0 aromatic heterocycles. The Hall–Kier alpha value is -3.19. The lowest BCUT2D eigenvalue weighted by Crippen LogP contribution is -2.51. The third-order valence-electron chi connectivity index (χ3n) is 10.3. The summed E-state index contributed by atoms with van der Waals surface area (Å²) in [6, 6.07) is 5.32. The fourth-order valence-corrected chi connectivity index (χ4v) is 9.55. The summed E-state index contributed by atoms with van der Waals surface area (Å²) in [5.74, 6) is 0.441. The van der Waals surface area contributed by atoms with Gasteiger partial charge < -0.3 is 31.9 Å². The zero-order chi connectivity index (χ0) is 37.5. The number of anilines is 1. The van der Waals surface area contributed by atoms with Crippen molar-refractivity contribution in [3.63, 3.8) is 0 Å². The number of hydrogen-bond acceptors (Lipinski definition) is 9. The number of unbranched alkanes of at least 4 members (excludes halogenated alkanes) is 4. The number of rotatable bonds is 14. The van der Waals surface area contributed by atoms with E-state index in [1.54, 1.807) is 30.4 Å². The highest BCUT2D eigenvalue weighted by Gasteiger charge is 2.42. The van der Waals surface area contributed by atoms with Gasteiger partial charge in [-0.2, -0.15) is 0 Å². The van der Waals surface area contributed by atoms with E-state index in [0.29, 0.717) is 23.2 Å². The number of aliphatic imine (C=N–C) groups is 1. The van der Waals surface area contributed by atoms with Crippen molar-refractivity contribution in [3.8, 4) is 0 Å². The van der Waals surface area contributed by atoms with E-state index in [0.717, 1.165) is 95.4 Å². The molecule has 4 unspecified atom stereocenters. The van der Waals surface area contributed by atoms with Crippen molar-refractivity contribution >= 4 is 64.2 Å². The monoisotopic (exact) mass is 766 g/mol. The second-order valence-electron chi connectivity index (χ2n) is 14.2. The van der Waals surface area contributed by atoms with E-state index in [9.17, 15) is 9.59 Å². The van der Waals surface area contributed by atoms with Gasteiger partial charge in [0.15, 0.2) is 5.50 Å². The molecule has 1 aromatic carbocycles. The number of amidine groups is 1. The largest absolute Gasteiger partial charge is 0.385 e. The summed E-state index contributed by atoms with van der Waals surface area (Å²) in [5, 5.41) is 23.8. The molecular weight excluding hydrogens is 712 g/mol. The smallest absolute Gasteiger partial charge is 0.253 e. The van der Waals surface area contributed by atoms with E-state index in [4.69, 9.17) is 27.7 Å². The molecule has 3 aliphatic heterocycles. The number of hydrogen-bond donors (Lipinski definition) is 6. The first-order valence-electron chi connectivity index (χ1n) is 18.5. The first-order chi connectivity index (χ1) is 24.8. The highest BCUT2D eigenvalue weighted by molar-refractivity contribution is 8.04. The Morgan fingerprint density at radius 1 is 1.06 bits per heavy atom. The van der Waals surface area contributed by atoms with Crippen molar-refractivity contribution in [2.45, 2.75) is 116 Å². The lowest BCUT2D eigenvalue weighted by atomic mass is 9.88. The van der Waals surface area contributed by atoms with Crippen LogP contribution in [0, 0.1) is 18.3 Å². The number of thioether (sulfide) groups is 2. The van der Waals surface area contributed by atoms with Crippen molar-refractivity contribution in [1.82, 2.24) is 20.9 Å². The summed E-state index contributed by atoms with van der Waals surface area (Å²) < 4.78 is 0. The highest BCUT2D eigenvalue weighted by Crippen LogP contribution is 2.47. The van der Waals surface area contributed by atoms with Crippen molar-refractivity contribution in [3.05, 3.63) is 73.3 Å². The van der Waals surface area contributed by atoms with Gasteiger partial charge in [0.05, 0.1) is 29.0 Å². The van der Waals surface area contributed by atoms with Crippen LogP contribution in [0.4, 0.5) is 5.69 Å². The number of amides is 2. The van der Waals surface area contributed by atoms with E-state index < -0.39 is 12.2 Å². The lowest BCUT2D eigenvalue weighted by Gasteiger charge is -2.33. The van der Waals surface area contributed by atoms with Crippen molar-refractivity contribution in [2.24, 2.45) is 16.6 Å². The van der Waals surface area contributed by atoms with Crippen molar-refractivity contribution in [2.75, 3.05) is 18.4 Å². The van der Waals surface area contributed by atoms with Gasteiger partial charge >= 0.3 is 0 Å². The van der Waals surface area contributed by atoms with Gasteiger partial charge in [0.25, 0.3) is 5.91 Å². The van der Waals surface area contributed by atoms with E-state index in [1.165, 1.54) is 4.91 Å². The summed E-state index contributed by atoms with van der Waals surface area (Å²) >= 11 is 9.68. The maximum Gasteiger partial charge on any atom is 0.253 e. The molecule has 13 heteroatoms. The minimum absolute atomic E-state index is 0.0709. The molecule has 3 heterocycles. The third kappa shape index (κ3) is 9.67. The van der Waals surface area contributed by atoms with Gasteiger partial charge in [0, 0.05) is 50.8 Å². The quantitative estimate of drug-likeness (QED) is 0.0642. The maximum atomic E-state index is 13.2. The van der Waals surface area contributed by atoms with Gasteiger partial charge in [-0.3, -0.25) is 20.0 Å². The number of carbonyl (C=O) groups excluding carboxylic acids is 2. The van der Waals surface area contributed by atoms with Gasteiger partial charge in [-0.25, -0.2) is 0 Å². The minimum Gasteiger partial charge on any atom is -0.385 e.